The highest BCUT2D eigenvalue weighted by molar-refractivity contribution is 5.83. The Morgan fingerprint density at radius 2 is 2.00 bits per heavy atom. The second kappa shape index (κ2) is 5.78. The summed E-state index contributed by atoms with van der Waals surface area (Å²) in [5.74, 6) is 3.24. The second-order valence-corrected chi connectivity index (χ2v) is 9.88. The lowest BCUT2D eigenvalue weighted by atomic mass is 9.44. The molecule has 2 nitrogen and oxygen atoms in total. The zero-order valence-electron chi connectivity index (χ0n) is 16.2. The van der Waals surface area contributed by atoms with Crippen LogP contribution in [0.3, 0.4) is 0 Å². The van der Waals surface area contributed by atoms with Crippen LogP contribution in [-0.4, -0.2) is 10.8 Å². The first kappa shape index (κ1) is 16.7. The number of fused-ring (bicyclic) bond motifs is 5. The number of hydrogen-bond donors (Lipinski definition) is 0. The number of rotatable bonds is 1. The number of pyridine rings is 1. The molecule has 4 aliphatic carbocycles. The van der Waals surface area contributed by atoms with Crippen molar-refractivity contribution in [2.75, 3.05) is 0 Å². The van der Waals surface area contributed by atoms with Gasteiger partial charge in [0.25, 0.3) is 0 Å². The maximum Gasteiger partial charge on any atom is 0.136 e. The molecule has 0 spiro atoms. The number of ketones is 1. The van der Waals surface area contributed by atoms with Crippen molar-refractivity contribution in [3.63, 3.8) is 0 Å². The van der Waals surface area contributed by atoms with E-state index in [9.17, 15) is 4.79 Å². The number of aromatic nitrogens is 1. The quantitative estimate of drug-likeness (QED) is 0.652. The molecule has 6 atom stereocenters. The first-order chi connectivity index (χ1) is 12.5. The molecule has 4 aliphatic rings. The molecular formula is C24H31NO. The minimum atomic E-state index is 0.274. The van der Waals surface area contributed by atoms with Crippen molar-refractivity contribution in [3.05, 3.63) is 36.2 Å². The minimum Gasteiger partial charge on any atom is -0.299 e. The van der Waals surface area contributed by atoms with E-state index in [1.54, 1.807) is 5.57 Å². The maximum atomic E-state index is 12.6. The molecular weight excluding hydrogens is 318 g/mol. The van der Waals surface area contributed by atoms with Gasteiger partial charge in [-0.25, -0.2) is 0 Å². The predicted molar refractivity (Wildman–Crippen MR) is 104 cm³/mol. The maximum absolute atomic E-state index is 12.6. The third kappa shape index (κ3) is 2.17. The highest BCUT2D eigenvalue weighted by atomic mass is 16.1. The number of Topliss-reactive ketones (excluding diaryl/α,β-unsaturated/α-hetero) is 1. The molecule has 1 heterocycles. The van der Waals surface area contributed by atoms with Gasteiger partial charge in [0.1, 0.15) is 5.78 Å². The number of hydrogen-bond acceptors (Lipinski definition) is 2. The molecule has 0 aliphatic heterocycles. The zero-order valence-corrected chi connectivity index (χ0v) is 16.2. The molecule has 1 aromatic heterocycles. The van der Waals surface area contributed by atoms with Crippen LogP contribution >= 0.6 is 0 Å². The fourth-order valence-electron chi connectivity index (χ4n) is 7.70. The molecule has 0 amide bonds. The van der Waals surface area contributed by atoms with E-state index in [0.29, 0.717) is 17.1 Å². The SMILES string of the molecule is CC12CCC3C(CCC4C(=O)CCCC43C)C1CC=C2c1cccnc1. The lowest BCUT2D eigenvalue weighted by Crippen LogP contribution is -2.54. The lowest BCUT2D eigenvalue weighted by molar-refractivity contribution is -0.145. The average molecular weight is 350 g/mol. The van der Waals surface area contributed by atoms with Crippen LogP contribution in [-0.2, 0) is 4.79 Å². The van der Waals surface area contributed by atoms with Crippen LogP contribution in [0, 0.1) is 34.5 Å². The van der Waals surface area contributed by atoms with Gasteiger partial charge in [0.15, 0.2) is 0 Å². The molecule has 0 saturated heterocycles. The van der Waals surface area contributed by atoms with Crippen LogP contribution in [0.15, 0.2) is 30.6 Å². The first-order valence-corrected chi connectivity index (χ1v) is 10.7. The summed E-state index contributed by atoms with van der Waals surface area (Å²) < 4.78 is 0. The molecule has 5 rings (SSSR count). The molecule has 0 N–H and O–H groups in total. The fourth-order valence-corrected chi connectivity index (χ4v) is 7.70. The molecule has 3 saturated carbocycles. The zero-order chi connectivity index (χ0) is 17.9. The molecule has 26 heavy (non-hydrogen) atoms. The van der Waals surface area contributed by atoms with Crippen LogP contribution in [0.25, 0.3) is 5.57 Å². The first-order valence-electron chi connectivity index (χ1n) is 10.7. The standard InChI is InChI=1S/C24H31NO/c1-23-12-3-6-22(26)21(23)8-7-17-19-10-9-18(16-5-4-14-25-15-16)24(19,2)13-11-20(17)23/h4-5,9,14-15,17,19-21H,3,6-8,10-13H2,1-2H3. The molecule has 2 heteroatoms. The van der Waals surface area contributed by atoms with Crippen LogP contribution in [0.4, 0.5) is 0 Å². The van der Waals surface area contributed by atoms with Crippen molar-refractivity contribution in [1.29, 1.82) is 0 Å². The van der Waals surface area contributed by atoms with Gasteiger partial charge in [0, 0.05) is 24.7 Å². The Balaban J connectivity index is 1.47. The van der Waals surface area contributed by atoms with E-state index < -0.39 is 0 Å². The van der Waals surface area contributed by atoms with Crippen molar-refractivity contribution in [1.82, 2.24) is 4.98 Å². The Hall–Kier alpha value is -1.44. The number of nitrogens with zero attached hydrogens (tertiary/aromatic N) is 1. The van der Waals surface area contributed by atoms with E-state index in [1.165, 1.54) is 37.7 Å². The van der Waals surface area contributed by atoms with Crippen molar-refractivity contribution in [2.45, 2.75) is 65.2 Å². The second-order valence-electron chi connectivity index (χ2n) is 9.88. The molecule has 0 bridgehead atoms. The summed E-state index contributed by atoms with van der Waals surface area (Å²) in [5, 5.41) is 0. The molecule has 1 aromatic rings. The Kier molecular flexibility index (Phi) is 3.71. The Morgan fingerprint density at radius 1 is 1.12 bits per heavy atom. The van der Waals surface area contributed by atoms with E-state index >= 15 is 0 Å². The van der Waals surface area contributed by atoms with Gasteiger partial charge < -0.3 is 0 Å². The molecule has 3 fully saturated rings. The van der Waals surface area contributed by atoms with Crippen molar-refractivity contribution in [3.8, 4) is 0 Å². The Morgan fingerprint density at radius 3 is 2.81 bits per heavy atom. The molecule has 0 aromatic carbocycles. The van der Waals surface area contributed by atoms with Gasteiger partial charge in [-0.1, -0.05) is 26.0 Å². The number of carbonyl (C=O) groups is 1. The van der Waals surface area contributed by atoms with E-state index in [-0.39, 0.29) is 5.41 Å². The minimum absolute atomic E-state index is 0.274. The summed E-state index contributed by atoms with van der Waals surface area (Å²) in [4.78, 5) is 17.0. The summed E-state index contributed by atoms with van der Waals surface area (Å²) in [7, 11) is 0. The van der Waals surface area contributed by atoms with Crippen molar-refractivity contribution >= 4 is 11.4 Å². The molecule has 138 valence electrons. The van der Waals surface area contributed by atoms with E-state index in [1.807, 2.05) is 12.4 Å². The smallest absolute Gasteiger partial charge is 0.136 e. The Labute approximate surface area is 157 Å². The number of carbonyl (C=O) groups excluding carboxylic acids is 1. The van der Waals surface area contributed by atoms with Gasteiger partial charge in [-0.3, -0.25) is 9.78 Å². The summed E-state index contributed by atoms with van der Waals surface area (Å²) in [6, 6.07) is 4.30. The number of allylic oxidation sites excluding steroid dienone is 2. The molecule has 0 radical (unpaired) electrons. The lowest BCUT2D eigenvalue weighted by Gasteiger charge is -2.59. The third-order valence-electron chi connectivity index (χ3n) is 8.95. The highest BCUT2D eigenvalue weighted by Gasteiger charge is 2.59. The van der Waals surface area contributed by atoms with Crippen molar-refractivity contribution < 1.29 is 4.79 Å². The van der Waals surface area contributed by atoms with E-state index in [0.717, 1.165) is 37.0 Å². The Bertz CT molecular complexity index is 753. The highest BCUT2D eigenvalue weighted by Crippen LogP contribution is 2.67. The summed E-state index contributed by atoms with van der Waals surface area (Å²) in [5.41, 5.74) is 3.44. The van der Waals surface area contributed by atoms with Gasteiger partial charge in [-0.05, 0) is 90.7 Å². The van der Waals surface area contributed by atoms with Crippen molar-refractivity contribution in [2.24, 2.45) is 34.5 Å². The largest absolute Gasteiger partial charge is 0.299 e. The van der Waals surface area contributed by atoms with E-state index in [4.69, 9.17) is 0 Å². The fraction of sp³-hybridized carbons (Fsp3) is 0.667. The summed E-state index contributed by atoms with van der Waals surface area (Å²) in [6.45, 7) is 4.98. The van der Waals surface area contributed by atoms with Gasteiger partial charge >= 0.3 is 0 Å². The monoisotopic (exact) mass is 349 g/mol. The van der Waals surface area contributed by atoms with Crippen LogP contribution in [0.2, 0.25) is 0 Å². The van der Waals surface area contributed by atoms with Crippen LogP contribution in [0.5, 0.6) is 0 Å². The normalized spacial score (nSPS) is 44.7. The van der Waals surface area contributed by atoms with Gasteiger partial charge in [0.05, 0.1) is 0 Å². The van der Waals surface area contributed by atoms with E-state index in [2.05, 4.69) is 37.0 Å². The van der Waals surface area contributed by atoms with Gasteiger partial charge in [-0.15, -0.1) is 0 Å². The average Bonchev–Trinajstić information content (AvgIpc) is 2.99. The molecule has 6 unspecified atom stereocenters. The third-order valence-corrected chi connectivity index (χ3v) is 8.95. The summed E-state index contributed by atoms with van der Waals surface area (Å²) in [6.07, 6.45) is 15.9. The van der Waals surface area contributed by atoms with Crippen LogP contribution < -0.4 is 0 Å². The summed E-state index contributed by atoms with van der Waals surface area (Å²) >= 11 is 0. The van der Waals surface area contributed by atoms with Gasteiger partial charge in [0.2, 0.25) is 0 Å². The van der Waals surface area contributed by atoms with Gasteiger partial charge in [-0.2, -0.15) is 0 Å². The van der Waals surface area contributed by atoms with Crippen LogP contribution in [0.1, 0.15) is 70.8 Å². The topological polar surface area (TPSA) is 30.0 Å². The predicted octanol–water partition coefficient (Wildman–Crippen LogP) is 5.69.